The average molecular weight is 701 g/mol. The number of nitrogens with zero attached hydrogens (tertiary/aromatic N) is 2. The van der Waals surface area contributed by atoms with Gasteiger partial charge in [-0.05, 0) is 49.6 Å². The van der Waals surface area contributed by atoms with Gasteiger partial charge in [0.25, 0.3) is 0 Å². The van der Waals surface area contributed by atoms with Crippen LogP contribution in [0.5, 0.6) is 0 Å². The number of hydrogen-bond donors (Lipinski definition) is 4. The van der Waals surface area contributed by atoms with Crippen molar-refractivity contribution in [2.45, 2.75) is 123 Å². The highest BCUT2D eigenvalue weighted by Gasteiger charge is 2.40. The number of benzene rings is 1. The van der Waals surface area contributed by atoms with E-state index in [9.17, 15) is 24.0 Å². The summed E-state index contributed by atoms with van der Waals surface area (Å²) in [6.07, 6.45) is 2.54. The van der Waals surface area contributed by atoms with Crippen LogP contribution >= 0.6 is 0 Å². The van der Waals surface area contributed by atoms with Crippen LogP contribution < -0.4 is 21.7 Å². The summed E-state index contributed by atoms with van der Waals surface area (Å²) in [4.78, 5) is 70.0. The van der Waals surface area contributed by atoms with E-state index in [1.54, 1.807) is 33.0 Å². The van der Waals surface area contributed by atoms with Gasteiger partial charge in [0.15, 0.2) is 0 Å². The molecule has 282 valence electrons. The lowest BCUT2D eigenvalue weighted by Gasteiger charge is -2.40. The molecule has 0 unspecified atom stereocenters. The number of likely N-dealkylation sites (N-methyl/N-ethyl adjacent to an activating group) is 2. The van der Waals surface area contributed by atoms with E-state index >= 15 is 0 Å². The van der Waals surface area contributed by atoms with E-state index in [1.807, 2.05) is 76.8 Å². The molecule has 8 atom stereocenters. The van der Waals surface area contributed by atoms with Gasteiger partial charge in [-0.1, -0.05) is 85.2 Å². The molecule has 1 aliphatic rings. The molecule has 1 heterocycles. The number of nitrogens with one attached hydrogen (secondary N) is 3. The molecular formula is C38H64N6O6. The third-order valence-corrected chi connectivity index (χ3v) is 10.3. The van der Waals surface area contributed by atoms with Gasteiger partial charge in [-0.25, -0.2) is 0 Å². The summed E-state index contributed by atoms with van der Waals surface area (Å²) in [6.45, 7) is 14.2. The van der Waals surface area contributed by atoms with Gasteiger partial charge in [0.05, 0.1) is 24.6 Å². The molecule has 1 aliphatic heterocycles. The number of carbonyl (C=O) groups is 5. The fraction of sp³-hybridized carbons (Fsp3) is 0.711. The van der Waals surface area contributed by atoms with Crippen LogP contribution in [0.3, 0.4) is 0 Å². The summed E-state index contributed by atoms with van der Waals surface area (Å²) >= 11 is 0. The molecular weight excluding hydrogens is 636 g/mol. The Morgan fingerprint density at radius 1 is 0.960 bits per heavy atom. The van der Waals surface area contributed by atoms with Gasteiger partial charge in [0.2, 0.25) is 29.5 Å². The standard InChI is InChI=1S/C38H64N6O6/c1-11-25(6)34(43(9)38(49)33(24(4)5)42-37(48)32(40-8)23(2)3)30(50-10)22-31(45)44-19-15-18-28(44)20-26(7)36(47)41-29(35(39)46)21-27-16-13-12-14-17-27/h12-14,16-17,23-26,28-30,32-34,40H,11,15,18-22H2,1-10H3,(H2,39,46)(H,41,47)(H,42,48)/t25-,26+,28-,29-,30+,32-,33-,34-/m0/s1. The number of primary amides is 1. The summed E-state index contributed by atoms with van der Waals surface area (Å²) in [7, 11) is 5.02. The van der Waals surface area contributed by atoms with Gasteiger partial charge < -0.3 is 36.2 Å². The third-order valence-electron chi connectivity index (χ3n) is 10.3. The van der Waals surface area contributed by atoms with Crippen LogP contribution in [0.4, 0.5) is 0 Å². The van der Waals surface area contributed by atoms with Gasteiger partial charge >= 0.3 is 0 Å². The summed E-state index contributed by atoms with van der Waals surface area (Å²) in [6, 6.07) is 6.79. The molecule has 1 saturated heterocycles. The lowest BCUT2D eigenvalue weighted by molar-refractivity contribution is -0.146. The molecule has 12 nitrogen and oxygen atoms in total. The summed E-state index contributed by atoms with van der Waals surface area (Å²) < 4.78 is 5.97. The molecule has 0 saturated carbocycles. The SMILES string of the molecule is CC[C@H](C)[C@@H]([C@@H](CC(=O)N1CCC[C@H]1C[C@@H](C)C(=O)N[C@@H](Cc1ccccc1)C(N)=O)OC)N(C)C(=O)[C@@H](NC(=O)[C@@H](NC)C(C)C)C(C)C. The van der Waals surface area contributed by atoms with Crippen molar-refractivity contribution in [3.05, 3.63) is 35.9 Å². The maximum atomic E-state index is 14.1. The second-order valence-electron chi connectivity index (χ2n) is 14.7. The highest BCUT2D eigenvalue weighted by atomic mass is 16.5. The number of methoxy groups -OCH3 is 1. The maximum absolute atomic E-state index is 14.1. The van der Waals surface area contributed by atoms with Gasteiger partial charge in [-0.3, -0.25) is 24.0 Å². The first-order chi connectivity index (χ1) is 23.6. The summed E-state index contributed by atoms with van der Waals surface area (Å²) in [5.74, 6) is -2.02. The number of rotatable bonds is 20. The highest BCUT2D eigenvalue weighted by Crippen LogP contribution is 2.28. The fourth-order valence-corrected chi connectivity index (χ4v) is 7.07. The van der Waals surface area contributed by atoms with Crippen molar-refractivity contribution in [2.75, 3.05) is 27.7 Å². The molecule has 50 heavy (non-hydrogen) atoms. The zero-order valence-electron chi connectivity index (χ0n) is 32.0. The van der Waals surface area contributed by atoms with E-state index in [2.05, 4.69) is 16.0 Å². The van der Waals surface area contributed by atoms with Crippen LogP contribution in [0.25, 0.3) is 0 Å². The van der Waals surface area contributed by atoms with E-state index in [0.29, 0.717) is 19.4 Å². The third kappa shape index (κ3) is 11.8. The zero-order valence-corrected chi connectivity index (χ0v) is 32.0. The average Bonchev–Trinajstić information content (AvgIpc) is 3.54. The van der Waals surface area contributed by atoms with Crippen molar-refractivity contribution in [2.24, 2.45) is 29.4 Å². The van der Waals surface area contributed by atoms with E-state index in [-0.39, 0.29) is 53.8 Å². The Balaban J connectivity index is 2.17. The van der Waals surface area contributed by atoms with Crippen molar-refractivity contribution < 1.29 is 28.7 Å². The Morgan fingerprint density at radius 3 is 2.10 bits per heavy atom. The molecule has 2 rings (SSSR count). The van der Waals surface area contributed by atoms with Gasteiger partial charge in [-0.15, -0.1) is 0 Å². The first kappa shape index (κ1) is 42.7. The Hall–Kier alpha value is -3.51. The van der Waals surface area contributed by atoms with Crippen LogP contribution in [0, 0.1) is 23.7 Å². The number of carbonyl (C=O) groups excluding carboxylic acids is 5. The quantitative estimate of drug-likeness (QED) is 0.163. The molecule has 1 fully saturated rings. The molecule has 5 amide bonds. The van der Waals surface area contributed by atoms with Crippen LogP contribution in [0.15, 0.2) is 30.3 Å². The Bertz CT molecular complexity index is 1260. The smallest absolute Gasteiger partial charge is 0.245 e. The predicted octanol–water partition coefficient (Wildman–Crippen LogP) is 2.88. The van der Waals surface area contributed by atoms with Crippen LogP contribution in [0.2, 0.25) is 0 Å². The molecule has 1 aromatic rings. The molecule has 0 spiro atoms. The second kappa shape index (κ2) is 20.4. The minimum atomic E-state index is -0.836. The number of ether oxygens (including phenoxy) is 1. The monoisotopic (exact) mass is 700 g/mol. The maximum Gasteiger partial charge on any atom is 0.245 e. The first-order valence-corrected chi connectivity index (χ1v) is 18.3. The van der Waals surface area contributed by atoms with Gasteiger partial charge in [0.1, 0.15) is 12.1 Å². The molecule has 0 bridgehead atoms. The predicted molar refractivity (Wildman–Crippen MR) is 196 cm³/mol. The minimum Gasteiger partial charge on any atom is -0.379 e. The number of amides is 5. The lowest BCUT2D eigenvalue weighted by Crippen LogP contribution is -2.59. The van der Waals surface area contributed by atoms with Gasteiger partial charge in [0, 0.05) is 39.1 Å². The molecule has 1 aromatic carbocycles. The van der Waals surface area contributed by atoms with Crippen molar-refractivity contribution in [3.8, 4) is 0 Å². The van der Waals surface area contributed by atoms with Crippen LogP contribution in [0.1, 0.15) is 86.1 Å². The zero-order chi connectivity index (χ0) is 37.7. The highest BCUT2D eigenvalue weighted by molar-refractivity contribution is 5.90. The van der Waals surface area contributed by atoms with E-state index in [0.717, 1.165) is 24.8 Å². The summed E-state index contributed by atoms with van der Waals surface area (Å²) in [5.41, 5.74) is 6.52. The largest absolute Gasteiger partial charge is 0.379 e. The molecule has 12 heteroatoms. The van der Waals surface area contributed by atoms with Crippen LogP contribution in [-0.4, -0.2) is 103 Å². The molecule has 0 radical (unpaired) electrons. The van der Waals surface area contributed by atoms with Crippen molar-refractivity contribution in [3.63, 3.8) is 0 Å². The lowest BCUT2D eigenvalue weighted by atomic mass is 9.89. The fourth-order valence-electron chi connectivity index (χ4n) is 7.07. The Kier molecular flexibility index (Phi) is 17.4. The minimum absolute atomic E-state index is 0.00175. The molecule has 5 N–H and O–H groups in total. The van der Waals surface area contributed by atoms with Gasteiger partial charge in [-0.2, -0.15) is 0 Å². The van der Waals surface area contributed by atoms with E-state index in [4.69, 9.17) is 10.5 Å². The van der Waals surface area contributed by atoms with E-state index in [1.165, 1.54) is 0 Å². The normalized spacial score (nSPS) is 18.9. The van der Waals surface area contributed by atoms with Crippen LogP contribution in [-0.2, 0) is 35.1 Å². The molecule has 0 aliphatic carbocycles. The molecule has 0 aromatic heterocycles. The number of hydrogen-bond acceptors (Lipinski definition) is 7. The first-order valence-electron chi connectivity index (χ1n) is 18.3. The topological polar surface area (TPSA) is 163 Å². The number of nitrogens with two attached hydrogens (primary N) is 1. The summed E-state index contributed by atoms with van der Waals surface area (Å²) in [5, 5.41) is 8.84. The van der Waals surface area contributed by atoms with E-state index < -0.39 is 42.1 Å². The Morgan fingerprint density at radius 2 is 1.58 bits per heavy atom. The van der Waals surface area contributed by atoms with Crippen molar-refractivity contribution >= 4 is 29.5 Å². The Labute approximate surface area is 300 Å². The van der Waals surface area contributed by atoms with Crippen molar-refractivity contribution in [1.29, 1.82) is 0 Å². The van der Waals surface area contributed by atoms with Crippen molar-refractivity contribution in [1.82, 2.24) is 25.8 Å². The number of likely N-dealkylation sites (tertiary alicyclic amines) is 1. The second-order valence-corrected chi connectivity index (χ2v) is 14.7.